The molecule has 2 aliphatic rings. The van der Waals surface area contributed by atoms with Crippen molar-refractivity contribution in [2.75, 3.05) is 6.61 Å². The number of ketones is 1. The standard InChI is InChI=1S/C23H25NO3/c1-22(2)13-20(25)23(3,4)24(22)21(26)27-14-19-17-11-7-5-9-15(17)16-10-6-8-12-18(16)19/h5-12,19H,13-14H2,1-4H3. The van der Waals surface area contributed by atoms with Crippen LogP contribution < -0.4 is 0 Å². The van der Waals surface area contributed by atoms with Gasteiger partial charge in [0.05, 0.1) is 5.54 Å². The maximum absolute atomic E-state index is 13.0. The number of fused-ring (bicyclic) bond motifs is 3. The van der Waals surface area contributed by atoms with E-state index in [0.717, 1.165) is 0 Å². The number of likely N-dealkylation sites (tertiary alicyclic amines) is 1. The molecule has 1 amide bonds. The van der Waals surface area contributed by atoms with E-state index in [4.69, 9.17) is 4.74 Å². The Morgan fingerprint density at radius 2 is 1.52 bits per heavy atom. The molecule has 1 saturated heterocycles. The summed E-state index contributed by atoms with van der Waals surface area (Å²) in [5, 5.41) is 0. The Labute approximate surface area is 160 Å². The lowest BCUT2D eigenvalue weighted by Gasteiger charge is -2.38. The highest BCUT2D eigenvalue weighted by Crippen LogP contribution is 2.45. The first-order chi connectivity index (χ1) is 12.7. The van der Waals surface area contributed by atoms with Gasteiger partial charge in [-0.1, -0.05) is 48.5 Å². The van der Waals surface area contributed by atoms with Gasteiger partial charge >= 0.3 is 6.09 Å². The van der Waals surface area contributed by atoms with Gasteiger partial charge < -0.3 is 4.74 Å². The van der Waals surface area contributed by atoms with E-state index in [2.05, 4.69) is 24.3 Å². The number of rotatable bonds is 2. The van der Waals surface area contributed by atoms with Crippen LogP contribution in [0.1, 0.15) is 51.2 Å². The summed E-state index contributed by atoms with van der Waals surface area (Å²) < 4.78 is 5.78. The summed E-state index contributed by atoms with van der Waals surface area (Å²) >= 11 is 0. The number of ether oxygens (including phenoxy) is 1. The third kappa shape index (κ3) is 2.66. The maximum atomic E-state index is 13.0. The van der Waals surface area contributed by atoms with Gasteiger partial charge in [-0.05, 0) is 49.9 Å². The van der Waals surface area contributed by atoms with Crippen molar-refractivity contribution in [3.8, 4) is 11.1 Å². The Balaban J connectivity index is 1.59. The second-order valence-corrected chi connectivity index (χ2v) is 8.61. The van der Waals surface area contributed by atoms with Crippen molar-refractivity contribution < 1.29 is 14.3 Å². The van der Waals surface area contributed by atoms with Gasteiger partial charge in [0.1, 0.15) is 6.61 Å². The van der Waals surface area contributed by atoms with Crippen LogP contribution in [0.2, 0.25) is 0 Å². The van der Waals surface area contributed by atoms with Gasteiger partial charge in [-0.3, -0.25) is 9.69 Å². The van der Waals surface area contributed by atoms with Crippen LogP contribution in [0, 0.1) is 0 Å². The van der Waals surface area contributed by atoms with E-state index in [0.29, 0.717) is 6.42 Å². The van der Waals surface area contributed by atoms with E-state index in [9.17, 15) is 9.59 Å². The SMILES string of the molecule is CC1(C)CC(=O)C(C)(C)N1C(=O)OCC1c2ccccc2-c2ccccc21. The lowest BCUT2D eigenvalue weighted by atomic mass is 9.98. The summed E-state index contributed by atoms with van der Waals surface area (Å²) in [6, 6.07) is 16.5. The molecule has 0 aromatic heterocycles. The van der Waals surface area contributed by atoms with Crippen LogP contribution in [0.15, 0.2) is 48.5 Å². The Morgan fingerprint density at radius 3 is 2.00 bits per heavy atom. The lowest BCUT2D eigenvalue weighted by molar-refractivity contribution is -0.123. The Hall–Kier alpha value is -2.62. The van der Waals surface area contributed by atoms with Gasteiger partial charge in [0.15, 0.2) is 5.78 Å². The molecule has 1 heterocycles. The van der Waals surface area contributed by atoms with Crippen molar-refractivity contribution in [3.63, 3.8) is 0 Å². The van der Waals surface area contributed by atoms with E-state index >= 15 is 0 Å². The monoisotopic (exact) mass is 363 g/mol. The average Bonchev–Trinajstić information content (AvgIpc) is 3.01. The quantitative estimate of drug-likeness (QED) is 0.772. The molecule has 4 nitrogen and oxygen atoms in total. The van der Waals surface area contributed by atoms with E-state index in [1.54, 1.807) is 18.7 Å². The minimum atomic E-state index is -0.841. The zero-order chi connectivity index (χ0) is 19.4. The van der Waals surface area contributed by atoms with E-state index in [1.807, 2.05) is 38.1 Å². The third-order valence-electron chi connectivity index (χ3n) is 5.96. The topological polar surface area (TPSA) is 46.6 Å². The van der Waals surface area contributed by atoms with Crippen molar-refractivity contribution in [1.82, 2.24) is 4.90 Å². The number of carbonyl (C=O) groups is 2. The largest absolute Gasteiger partial charge is 0.448 e. The minimum absolute atomic E-state index is 0.0193. The highest BCUT2D eigenvalue weighted by molar-refractivity contribution is 5.95. The van der Waals surface area contributed by atoms with E-state index < -0.39 is 17.2 Å². The molecule has 140 valence electrons. The molecule has 0 unspecified atom stereocenters. The summed E-state index contributed by atoms with van der Waals surface area (Å²) in [6.07, 6.45) is -0.0674. The molecule has 0 bridgehead atoms. The third-order valence-corrected chi connectivity index (χ3v) is 5.96. The molecule has 0 atom stereocenters. The summed E-state index contributed by atoms with van der Waals surface area (Å²) in [7, 11) is 0. The average molecular weight is 363 g/mol. The summed E-state index contributed by atoms with van der Waals surface area (Å²) in [5.41, 5.74) is 3.39. The molecule has 0 saturated carbocycles. The van der Waals surface area contributed by atoms with Gasteiger partial charge in [0, 0.05) is 17.9 Å². The van der Waals surface area contributed by atoms with Crippen LogP contribution in [0.25, 0.3) is 11.1 Å². The number of nitrogens with zero attached hydrogens (tertiary/aromatic N) is 1. The molecule has 0 N–H and O–H groups in total. The molecule has 0 radical (unpaired) electrons. The van der Waals surface area contributed by atoms with Gasteiger partial charge in [-0.15, -0.1) is 0 Å². The molecular weight excluding hydrogens is 338 g/mol. The molecule has 4 heteroatoms. The maximum Gasteiger partial charge on any atom is 0.411 e. The Bertz CT molecular complexity index is 883. The van der Waals surface area contributed by atoms with Crippen LogP contribution in [0.4, 0.5) is 4.79 Å². The predicted molar refractivity (Wildman–Crippen MR) is 105 cm³/mol. The van der Waals surface area contributed by atoms with Crippen LogP contribution >= 0.6 is 0 Å². The highest BCUT2D eigenvalue weighted by atomic mass is 16.6. The van der Waals surface area contributed by atoms with Crippen LogP contribution in [-0.4, -0.2) is 34.5 Å². The van der Waals surface area contributed by atoms with E-state index in [-0.39, 0.29) is 18.3 Å². The van der Waals surface area contributed by atoms with E-state index in [1.165, 1.54) is 22.3 Å². The van der Waals surface area contributed by atoms with Crippen LogP contribution in [0.5, 0.6) is 0 Å². The van der Waals surface area contributed by atoms with Gasteiger partial charge in [-0.25, -0.2) is 4.79 Å². The zero-order valence-electron chi connectivity index (χ0n) is 16.3. The fraction of sp³-hybridized carbons (Fsp3) is 0.391. The molecular formula is C23H25NO3. The Kier molecular flexibility index (Phi) is 3.91. The van der Waals surface area contributed by atoms with Gasteiger partial charge in [0.2, 0.25) is 0 Å². The Morgan fingerprint density at radius 1 is 1.00 bits per heavy atom. The number of Topliss-reactive ketones (excluding diaryl/α,β-unsaturated/α-hetero) is 1. The molecule has 2 aromatic carbocycles. The molecule has 0 spiro atoms. The van der Waals surface area contributed by atoms with Crippen molar-refractivity contribution in [2.45, 2.75) is 51.1 Å². The summed E-state index contributed by atoms with van der Waals surface area (Å²) in [6.45, 7) is 7.70. The number of benzene rings is 2. The first kappa shape index (κ1) is 17.8. The molecule has 27 heavy (non-hydrogen) atoms. The molecule has 4 rings (SSSR count). The van der Waals surface area contributed by atoms with Crippen molar-refractivity contribution >= 4 is 11.9 Å². The normalized spacial score (nSPS) is 19.7. The second kappa shape index (κ2) is 5.95. The number of carbonyl (C=O) groups excluding carboxylic acids is 2. The second-order valence-electron chi connectivity index (χ2n) is 8.61. The number of hydrogen-bond acceptors (Lipinski definition) is 3. The molecule has 2 aromatic rings. The highest BCUT2D eigenvalue weighted by Gasteiger charge is 2.54. The molecule has 1 aliphatic carbocycles. The fourth-order valence-electron chi connectivity index (χ4n) is 4.70. The minimum Gasteiger partial charge on any atom is -0.448 e. The van der Waals surface area contributed by atoms with Crippen molar-refractivity contribution in [1.29, 1.82) is 0 Å². The van der Waals surface area contributed by atoms with Gasteiger partial charge in [0.25, 0.3) is 0 Å². The summed E-state index contributed by atoms with van der Waals surface area (Å²) in [5.74, 6) is 0.0897. The fourth-order valence-corrected chi connectivity index (χ4v) is 4.70. The smallest absolute Gasteiger partial charge is 0.411 e. The number of amides is 1. The van der Waals surface area contributed by atoms with Crippen molar-refractivity contribution in [2.24, 2.45) is 0 Å². The van der Waals surface area contributed by atoms with Crippen LogP contribution in [-0.2, 0) is 9.53 Å². The summed E-state index contributed by atoms with van der Waals surface area (Å²) in [4.78, 5) is 26.9. The van der Waals surface area contributed by atoms with Crippen molar-refractivity contribution in [3.05, 3.63) is 59.7 Å². The molecule has 1 aliphatic heterocycles. The molecule has 1 fully saturated rings. The first-order valence-electron chi connectivity index (χ1n) is 9.42. The first-order valence-corrected chi connectivity index (χ1v) is 9.42. The van der Waals surface area contributed by atoms with Crippen LogP contribution in [0.3, 0.4) is 0 Å². The number of hydrogen-bond donors (Lipinski definition) is 0. The lowest BCUT2D eigenvalue weighted by Crippen LogP contribution is -2.53. The predicted octanol–water partition coefficient (Wildman–Crippen LogP) is 4.77. The zero-order valence-corrected chi connectivity index (χ0v) is 16.3. The van der Waals surface area contributed by atoms with Gasteiger partial charge in [-0.2, -0.15) is 0 Å².